The Morgan fingerprint density at radius 3 is 0.600 bits per heavy atom. The fraction of sp³-hybridized carbons (Fsp3) is 0.714. The van der Waals surface area contributed by atoms with Gasteiger partial charge in [-0.15, -0.1) is 0 Å². The second-order valence-electron chi connectivity index (χ2n) is 24.0. The van der Waals surface area contributed by atoms with Gasteiger partial charge in [0, 0.05) is 0 Å². The minimum atomic E-state index is -4.99. The zero-order valence-corrected chi connectivity index (χ0v) is 72.3. The van der Waals surface area contributed by atoms with Crippen molar-refractivity contribution in [2.45, 2.75) is 291 Å². The minimum absolute atomic E-state index is 0. The van der Waals surface area contributed by atoms with Crippen molar-refractivity contribution in [3.05, 3.63) is 105 Å². The Morgan fingerprint density at radius 1 is 0.289 bits per heavy atom. The van der Waals surface area contributed by atoms with Crippen LogP contribution in [0.5, 0.6) is 0 Å². The summed E-state index contributed by atoms with van der Waals surface area (Å²) in [5.74, 6) is 0. The zero-order valence-electron chi connectivity index (χ0n) is 57.8. The van der Waals surface area contributed by atoms with E-state index >= 15 is 0 Å². The molecule has 0 rings (SSSR count). The molecule has 18 nitrogen and oxygen atoms in total. The van der Waals surface area contributed by atoms with Gasteiger partial charge < -0.3 is 43.0 Å². The molecule has 3 unspecified atom stereocenters. The molecule has 0 amide bonds. The number of hydrogen-bond acceptors (Lipinski definition) is 12. The molecule has 0 spiro atoms. The topological polar surface area (TPSA) is 344 Å². The summed E-state index contributed by atoms with van der Waals surface area (Å²) in [5.41, 5.74) is 12.4. The van der Waals surface area contributed by atoms with Gasteiger partial charge in [0.2, 0.25) is 0 Å². The smallest absolute Gasteiger partial charge is 0.747 e. The van der Waals surface area contributed by atoms with Crippen LogP contribution < -0.4 is 154 Å². The first-order chi connectivity index (χ1) is 40.0. The van der Waals surface area contributed by atoms with Gasteiger partial charge in [0.25, 0.3) is 0 Å². The maximum atomic E-state index is 11.1. The van der Waals surface area contributed by atoms with Crippen molar-refractivity contribution >= 4 is 53.1 Å². The zero-order chi connectivity index (χ0) is 67.5. The summed E-state index contributed by atoms with van der Waals surface area (Å²) >= 11 is 0. The predicted molar refractivity (Wildman–Crippen MR) is 356 cm³/mol. The summed E-state index contributed by atoms with van der Waals surface area (Å²) in [6.07, 6.45) is 43.2. The summed E-state index contributed by atoms with van der Waals surface area (Å²) < 4.78 is 132. The Morgan fingerprint density at radius 2 is 0.444 bits per heavy atom. The van der Waals surface area contributed by atoms with Crippen LogP contribution in [-0.4, -0.2) is 83.2 Å². The normalized spacial score (nSPS) is 14.2. The maximum Gasteiger partial charge on any atom is 1.00 e. The quantitative estimate of drug-likeness (QED) is 0.0109. The van der Waals surface area contributed by atoms with E-state index in [2.05, 4.69) is 138 Å². The van der Waals surface area contributed by atoms with Crippen molar-refractivity contribution in [3.8, 4) is 0 Å². The molecule has 0 aromatic carbocycles. The fourth-order valence-electron chi connectivity index (χ4n) is 8.95. The molecule has 0 saturated heterocycles. The summed E-state index contributed by atoms with van der Waals surface area (Å²) in [5, 5.41) is 0. The molecule has 0 bridgehead atoms. The third-order valence-corrected chi connectivity index (χ3v) is 24.7. The molecule has 0 heterocycles. The molecule has 0 aliphatic heterocycles. The van der Waals surface area contributed by atoms with Gasteiger partial charge in [0.15, 0.2) is 15.0 Å². The van der Waals surface area contributed by atoms with Crippen molar-refractivity contribution in [1.82, 2.24) is 0 Å². The summed E-state index contributed by atoms with van der Waals surface area (Å²) in [6, 6.07) is 0. The van der Waals surface area contributed by atoms with Crippen LogP contribution in [0.4, 0.5) is 0 Å². The molecule has 510 valence electrons. The van der Waals surface area contributed by atoms with Crippen molar-refractivity contribution in [2.75, 3.05) is 0 Å². The van der Waals surface area contributed by atoms with E-state index in [4.69, 9.17) is 29.4 Å². The van der Waals surface area contributed by atoms with Crippen molar-refractivity contribution in [3.63, 3.8) is 0 Å². The standard InChI is InChI=1S/3C21H39O6PS.3K/c3*1-18(2)12-10-14-20(4)16-11-15-19(3)13-8-6-5-7-9-17-21(28(22,23)24)29(25,26)27;;;/h3*12-13,16,21H,5-11,14-15,17H2,1-4H3,(H2,22,23,24)(H,25,26,27);;;/q;;;3*+1/p-3/b3*19-13+,20-16+;;;. The Labute approximate surface area is 674 Å². The number of allylic oxidation sites excluding steroid dienone is 18. The maximum absolute atomic E-state index is 11.1. The van der Waals surface area contributed by atoms with E-state index in [-0.39, 0.29) is 173 Å². The van der Waals surface area contributed by atoms with Crippen LogP contribution in [0.25, 0.3) is 0 Å². The Kier molecular flexibility index (Phi) is 67.3. The van der Waals surface area contributed by atoms with E-state index in [1.54, 1.807) is 0 Å². The van der Waals surface area contributed by atoms with Gasteiger partial charge in [-0.25, -0.2) is 25.3 Å². The molecule has 0 aliphatic rings. The van der Waals surface area contributed by atoms with Gasteiger partial charge in [-0.3, -0.25) is 13.7 Å². The third-order valence-electron chi connectivity index (χ3n) is 14.2. The molecule has 0 fully saturated rings. The van der Waals surface area contributed by atoms with Gasteiger partial charge in [-0.05, 0) is 218 Å². The molecular weight excluding hydrogens is 1350 g/mol. The third kappa shape index (κ3) is 66.6. The Hall–Kier alpha value is 2.75. The van der Waals surface area contributed by atoms with Crippen LogP contribution in [0.2, 0.25) is 0 Å². The average Bonchev–Trinajstić information content (AvgIpc) is 3.42. The van der Waals surface area contributed by atoms with Crippen LogP contribution in [0, 0.1) is 0 Å². The van der Waals surface area contributed by atoms with Crippen molar-refractivity contribution in [1.29, 1.82) is 0 Å². The van der Waals surface area contributed by atoms with Gasteiger partial charge in [0.05, 0.1) is 0 Å². The van der Waals surface area contributed by atoms with Crippen LogP contribution in [0.3, 0.4) is 0 Å². The second kappa shape index (κ2) is 58.4. The molecule has 0 aromatic heterocycles. The van der Waals surface area contributed by atoms with Gasteiger partial charge in [-0.2, -0.15) is 0 Å². The van der Waals surface area contributed by atoms with Crippen LogP contribution in [-0.2, 0) is 44.0 Å². The summed E-state index contributed by atoms with van der Waals surface area (Å²) in [4.78, 5) is 47.7. The van der Waals surface area contributed by atoms with E-state index in [9.17, 15) is 52.6 Å². The fourth-order valence-corrected chi connectivity index (χ4v) is 15.9. The number of unbranched alkanes of at least 4 members (excludes halogenated alkanes) is 12. The number of hydrogen-bond donors (Lipinski definition) is 6. The van der Waals surface area contributed by atoms with Gasteiger partial charge in [-0.1, -0.05) is 163 Å². The minimum Gasteiger partial charge on any atom is -0.747 e. The molecule has 27 heteroatoms. The first-order valence-corrected chi connectivity index (χ1v) is 40.3. The van der Waals surface area contributed by atoms with Crippen molar-refractivity contribution < 1.29 is 236 Å². The number of rotatable bonds is 45. The van der Waals surface area contributed by atoms with Crippen molar-refractivity contribution in [2.24, 2.45) is 0 Å². The average molecular weight is 1470 g/mol. The first-order valence-electron chi connectivity index (χ1n) is 30.8. The van der Waals surface area contributed by atoms with E-state index < -0.39 is 68.1 Å². The monoisotopic (exact) mass is 1460 g/mol. The van der Waals surface area contributed by atoms with Crippen LogP contribution >= 0.6 is 22.8 Å². The van der Waals surface area contributed by atoms with Gasteiger partial charge >= 0.3 is 177 Å². The van der Waals surface area contributed by atoms with Crippen LogP contribution in [0.1, 0.15) is 276 Å². The Balaban J connectivity index is -0.000000289. The van der Waals surface area contributed by atoms with Crippen LogP contribution in [0.15, 0.2) is 105 Å². The SMILES string of the molecule is CC(C)=CCC/C(C)=C/CC/C(C)=C/CCCCCCC(P(=O)(O)O)S(=O)(=O)[O-].CC(C)=CCC/C(C)=C/CC/C(C)=C/CCCCCCC(P(=O)(O)O)S(=O)(=O)[O-].CC(C)=CCC/C(C)=C/CC/C(C)=C/CCCCCCC(P(=O)(O)O)S(=O)(=O)[O-].[K+].[K+].[K+]. The molecule has 0 aliphatic carbocycles. The second-order valence-corrected chi connectivity index (χ2v) is 35.1. The van der Waals surface area contributed by atoms with E-state index in [0.717, 1.165) is 135 Å². The van der Waals surface area contributed by atoms with Gasteiger partial charge in [0.1, 0.15) is 30.4 Å². The van der Waals surface area contributed by atoms with E-state index in [0.29, 0.717) is 38.5 Å². The predicted octanol–water partition coefficient (Wildman–Crippen LogP) is 8.40. The molecule has 0 radical (unpaired) electrons. The molecule has 90 heavy (non-hydrogen) atoms. The molecule has 3 atom stereocenters. The molecule has 6 N–H and O–H groups in total. The van der Waals surface area contributed by atoms with E-state index in [1.807, 2.05) is 0 Å². The molecular formula is C63H114K3O18P3S3. The van der Waals surface area contributed by atoms with E-state index in [1.165, 1.54) is 50.2 Å². The molecule has 0 aromatic rings. The summed E-state index contributed by atoms with van der Waals surface area (Å²) in [7, 11) is -29.7. The molecule has 0 saturated carbocycles. The largest absolute Gasteiger partial charge is 1.00 e. The Bertz CT molecular complexity index is 2450. The first kappa shape index (κ1) is 104. The summed E-state index contributed by atoms with van der Waals surface area (Å²) in [6.45, 7) is 25.6.